The van der Waals surface area contributed by atoms with Crippen LogP contribution >= 0.6 is 48.8 Å². The number of nitrogens with zero attached hydrogens (tertiary/aromatic N) is 4. The van der Waals surface area contributed by atoms with Gasteiger partial charge in [-0.3, -0.25) is 19.8 Å². The van der Waals surface area contributed by atoms with Crippen molar-refractivity contribution in [3.05, 3.63) is 93.4 Å². The topological polar surface area (TPSA) is 88.4 Å². The van der Waals surface area contributed by atoms with Crippen molar-refractivity contribution in [3.63, 3.8) is 0 Å². The normalized spacial score (nSPS) is 16.5. The molecule has 0 N–H and O–H groups in total. The summed E-state index contributed by atoms with van der Waals surface area (Å²) in [6.45, 7) is 6.11. The van der Waals surface area contributed by atoms with Crippen LogP contribution in [0.1, 0.15) is 12.0 Å². The lowest BCUT2D eigenvalue weighted by Crippen LogP contribution is -2.44. The highest BCUT2D eigenvalue weighted by atomic mass is 35.5. The Morgan fingerprint density at radius 1 is 0.907 bits per heavy atom. The Morgan fingerprint density at radius 3 is 2.09 bits per heavy atom. The zero-order valence-corrected chi connectivity index (χ0v) is 26.7. The molecular formula is C30H32Cl2N4O5S2. The molecule has 2 aliphatic rings. The number of rotatable bonds is 10. The molecular weight excluding hydrogens is 631 g/mol. The van der Waals surface area contributed by atoms with Gasteiger partial charge in [0.1, 0.15) is 17.2 Å². The Bertz CT molecular complexity index is 1430. The van der Waals surface area contributed by atoms with Gasteiger partial charge in [0, 0.05) is 44.9 Å². The average Bonchev–Trinajstić information content (AvgIpc) is 3.25. The summed E-state index contributed by atoms with van der Waals surface area (Å²) >= 11 is 6.79. The van der Waals surface area contributed by atoms with E-state index in [1.165, 1.54) is 28.8 Å². The molecule has 43 heavy (non-hydrogen) atoms. The Balaban J connectivity index is 0.00000253. The standard InChI is InChI=1S/C30H30N4O5S2.2ClH/c1-31-16-18-32(19-17-31)15-2-20-38-25-11-5-23(6-12-25)33-29(35)28(41-30(33)40)21-22-3-9-26(10-4-22)39-27-13-7-24(8-14-27)34(36)37;;/h3-14,21H,2,15-20H2,1H3;2*1H. The molecule has 9 nitrogen and oxygen atoms in total. The van der Waals surface area contributed by atoms with Gasteiger partial charge in [-0.2, -0.15) is 0 Å². The fourth-order valence-electron chi connectivity index (χ4n) is 4.49. The number of thiocarbonyl (C=S) groups is 1. The minimum Gasteiger partial charge on any atom is -0.494 e. The number of carbonyl (C=O) groups excluding carboxylic acids is 1. The van der Waals surface area contributed by atoms with Crippen LogP contribution in [0, 0.1) is 10.1 Å². The number of amides is 1. The lowest BCUT2D eigenvalue weighted by Gasteiger charge is -2.32. The highest BCUT2D eigenvalue weighted by Gasteiger charge is 2.33. The lowest BCUT2D eigenvalue weighted by atomic mass is 10.2. The van der Waals surface area contributed by atoms with Crippen molar-refractivity contribution < 1.29 is 19.2 Å². The van der Waals surface area contributed by atoms with E-state index in [0.717, 1.165) is 50.5 Å². The van der Waals surface area contributed by atoms with Crippen LogP contribution < -0.4 is 14.4 Å². The summed E-state index contributed by atoms with van der Waals surface area (Å²) in [4.78, 5) is 30.5. The van der Waals surface area contributed by atoms with Crippen LogP contribution in [-0.2, 0) is 4.79 Å². The van der Waals surface area contributed by atoms with Crippen LogP contribution in [0.3, 0.4) is 0 Å². The number of benzene rings is 3. The molecule has 0 aliphatic carbocycles. The summed E-state index contributed by atoms with van der Waals surface area (Å²) in [6.07, 6.45) is 2.77. The Labute approximate surface area is 272 Å². The van der Waals surface area contributed by atoms with E-state index in [2.05, 4.69) is 16.8 Å². The van der Waals surface area contributed by atoms with E-state index in [1.807, 2.05) is 36.4 Å². The number of piperazine rings is 1. The van der Waals surface area contributed by atoms with E-state index in [1.54, 1.807) is 30.3 Å². The van der Waals surface area contributed by atoms with E-state index in [0.29, 0.717) is 33.0 Å². The van der Waals surface area contributed by atoms with Crippen LogP contribution in [0.25, 0.3) is 6.08 Å². The third kappa shape index (κ3) is 9.15. The third-order valence-corrected chi connectivity index (χ3v) is 8.14. The van der Waals surface area contributed by atoms with Crippen molar-refractivity contribution >= 4 is 76.5 Å². The number of carbonyl (C=O) groups is 1. The predicted molar refractivity (Wildman–Crippen MR) is 180 cm³/mol. The molecule has 228 valence electrons. The van der Waals surface area contributed by atoms with Crippen molar-refractivity contribution in [2.75, 3.05) is 51.3 Å². The van der Waals surface area contributed by atoms with E-state index < -0.39 is 4.92 Å². The summed E-state index contributed by atoms with van der Waals surface area (Å²) in [7, 11) is 2.16. The molecule has 0 atom stereocenters. The predicted octanol–water partition coefficient (Wildman–Crippen LogP) is 6.65. The summed E-state index contributed by atoms with van der Waals surface area (Å²) in [5.74, 6) is 1.66. The second-order valence-electron chi connectivity index (χ2n) is 9.78. The maximum Gasteiger partial charge on any atom is 0.270 e. The Hall–Kier alpha value is -3.19. The second-order valence-corrected chi connectivity index (χ2v) is 11.5. The van der Waals surface area contributed by atoms with Gasteiger partial charge in [-0.25, -0.2) is 0 Å². The molecule has 2 aliphatic heterocycles. The average molecular weight is 664 g/mol. The number of likely N-dealkylation sites (N-methyl/N-ethyl adjacent to an activating group) is 1. The van der Waals surface area contributed by atoms with Crippen molar-refractivity contribution in [3.8, 4) is 17.2 Å². The Morgan fingerprint density at radius 2 is 1.49 bits per heavy atom. The van der Waals surface area contributed by atoms with Gasteiger partial charge in [-0.15, -0.1) is 24.8 Å². The largest absolute Gasteiger partial charge is 0.494 e. The van der Waals surface area contributed by atoms with Gasteiger partial charge in [0.25, 0.3) is 11.6 Å². The maximum absolute atomic E-state index is 13.2. The lowest BCUT2D eigenvalue weighted by molar-refractivity contribution is -0.384. The monoisotopic (exact) mass is 662 g/mol. The van der Waals surface area contributed by atoms with Crippen LogP contribution in [0.15, 0.2) is 77.7 Å². The van der Waals surface area contributed by atoms with Gasteiger partial charge in [-0.05, 0) is 73.6 Å². The van der Waals surface area contributed by atoms with Gasteiger partial charge in [0.15, 0.2) is 4.32 Å². The zero-order valence-electron chi connectivity index (χ0n) is 23.4. The van der Waals surface area contributed by atoms with Crippen LogP contribution in [0.2, 0.25) is 0 Å². The molecule has 0 bridgehead atoms. The van der Waals surface area contributed by atoms with Gasteiger partial charge >= 0.3 is 0 Å². The van der Waals surface area contributed by atoms with Gasteiger partial charge in [0.05, 0.1) is 22.1 Å². The highest BCUT2D eigenvalue weighted by Crippen LogP contribution is 2.37. The fourth-order valence-corrected chi connectivity index (χ4v) is 5.79. The van der Waals surface area contributed by atoms with Crippen LogP contribution in [0.4, 0.5) is 11.4 Å². The van der Waals surface area contributed by atoms with Crippen molar-refractivity contribution in [1.82, 2.24) is 9.80 Å². The van der Waals surface area contributed by atoms with E-state index in [-0.39, 0.29) is 36.4 Å². The van der Waals surface area contributed by atoms with Crippen LogP contribution in [0.5, 0.6) is 17.2 Å². The molecule has 2 heterocycles. The number of thioether (sulfide) groups is 1. The molecule has 3 aromatic carbocycles. The van der Waals surface area contributed by atoms with Crippen molar-refractivity contribution in [1.29, 1.82) is 0 Å². The van der Waals surface area contributed by atoms with Gasteiger partial charge in [-0.1, -0.05) is 36.1 Å². The first-order valence-electron chi connectivity index (χ1n) is 13.3. The summed E-state index contributed by atoms with van der Waals surface area (Å²) in [6, 6.07) is 20.6. The number of non-ortho nitro benzene ring substituents is 1. The van der Waals surface area contributed by atoms with E-state index in [9.17, 15) is 14.9 Å². The smallest absolute Gasteiger partial charge is 0.270 e. The SMILES string of the molecule is CN1CCN(CCCOc2ccc(N3C(=O)C(=Cc4ccc(Oc5ccc([N+](=O)[O-])cc5)cc4)SC3=S)cc2)CC1.Cl.Cl. The van der Waals surface area contributed by atoms with Crippen molar-refractivity contribution in [2.45, 2.75) is 6.42 Å². The van der Waals surface area contributed by atoms with Gasteiger partial charge in [0.2, 0.25) is 0 Å². The molecule has 0 radical (unpaired) electrons. The molecule has 3 aromatic rings. The van der Waals surface area contributed by atoms with Crippen molar-refractivity contribution in [2.24, 2.45) is 0 Å². The van der Waals surface area contributed by atoms with E-state index in [4.69, 9.17) is 21.7 Å². The molecule has 5 rings (SSSR count). The zero-order chi connectivity index (χ0) is 28.8. The fraction of sp³-hybridized carbons (Fsp3) is 0.267. The number of halogens is 2. The molecule has 0 spiro atoms. The first-order valence-corrected chi connectivity index (χ1v) is 14.5. The summed E-state index contributed by atoms with van der Waals surface area (Å²) in [5.41, 5.74) is 1.52. The second kappa shape index (κ2) is 16.0. The third-order valence-electron chi connectivity index (χ3n) is 6.83. The number of anilines is 1. The molecule has 1 amide bonds. The molecule has 0 unspecified atom stereocenters. The van der Waals surface area contributed by atoms with E-state index >= 15 is 0 Å². The molecule has 0 aromatic heterocycles. The molecule has 2 saturated heterocycles. The number of hydrogen-bond donors (Lipinski definition) is 0. The number of hydrogen-bond acceptors (Lipinski definition) is 9. The van der Waals surface area contributed by atoms with Gasteiger partial charge < -0.3 is 19.3 Å². The maximum atomic E-state index is 13.2. The first-order chi connectivity index (χ1) is 19.9. The molecule has 0 saturated carbocycles. The minimum absolute atomic E-state index is 0. The number of nitro benzene ring substituents is 1. The quantitative estimate of drug-likeness (QED) is 0.0778. The molecule has 13 heteroatoms. The summed E-state index contributed by atoms with van der Waals surface area (Å²) in [5, 5.41) is 10.8. The highest BCUT2D eigenvalue weighted by molar-refractivity contribution is 8.27. The van der Waals surface area contributed by atoms with Crippen LogP contribution in [-0.4, -0.2) is 71.3 Å². The number of ether oxygens (including phenoxy) is 2. The minimum atomic E-state index is -0.456. The first kappa shape index (κ1) is 34.3. The number of nitro groups is 1. The molecule has 2 fully saturated rings. The summed E-state index contributed by atoms with van der Waals surface area (Å²) < 4.78 is 12.2. The Kier molecular flexibility index (Phi) is 12.8.